The number of aliphatic carboxylic acids is 1. The molecule has 1 amide bonds. The third-order valence-electron chi connectivity index (χ3n) is 3.50. The van der Waals surface area contributed by atoms with Gasteiger partial charge in [0, 0.05) is 19.5 Å². The molecule has 2 aromatic rings. The van der Waals surface area contributed by atoms with Gasteiger partial charge in [-0.05, 0) is 12.1 Å². The Labute approximate surface area is 155 Å². The fourth-order valence-electron chi connectivity index (χ4n) is 2.18. The first-order valence-electron chi connectivity index (χ1n) is 7.61. The minimum absolute atomic E-state index is 0.0347. The molecule has 7 nitrogen and oxygen atoms in total. The quantitative estimate of drug-likeness (QED) is 0.825. The van der Waals surface area contributed by atoms with Gasteiger partial charge in [0.2, 0.25) is 5.82 Å². The molecule has 1 N–H and O–H groups in total. The molecule has 25 heavy (non-hydrogen) atoms. The molecule has 0 aliphatic heterocycles. The van der Waals surface area contributed by atoms with Crippen molar-refractivity contribution in [2.75, 3.05) is 13.6 Å². The van der Waals surface area contributed by atoms with Crippen molar-refractivity contribution < 1.29 is 14.7 Å². The molecule has 0 spiro atoms. The molecule has 0 aliphatic rings. The first kappa shape index (κ1) is 19.2. The molecule has 0 fully saturated rings. The summed E-state index contributed by atoms with van der Waals surface area (Å²) in [5, 5.41) is 13.8. The van der Waals surface area contributed by atoms with E-state index in [9.17, 15) is 9.59 Å². The molecule has 0 radical (unpaired) electrons. The van der Waals surface area contributed by atoms with E-state index in [1.165, 1.54) is 16.6 Å². The predicted octanol–water partition coefficient (Wildman–Crippen LogP) is 3.24. The van der Waals surface area contributed by atoms with E-state index in [0.29, 0.717) is 21.6 Å². The summed E-state index contributed by atoms with van der Waals surface area (Å²) in [5.74, 6) is -0.989. The van der Waals surface area contributed by atoms with Crippen LogP contribution in [-0.2, 0) is 4.79 Å². The molecule has 134 valence electrons. The van der Waals surface area contributed by atoms with Gasteiger partial charge in [-0.3, -0.25) is 9.59 Å². The maximum Gasteiger partial charge on any atom is 0.305 e. The van der Waals surface area contributed by atoms with Crippen LogP contribution in [0, 0.1) is 0 Å². The Morgan fingerprint density at radius 1 is 1.28 bits per heavy atom. The second-order valence-electron chi connectivity index (χ2n) is 5.80. The van der Waals surface area contributed by atoms with Crippen LogP contribution in [0.5, 0.6) is 0 Å². The van der Waals surface area contributed by atoms with Crippen molar-refractivity contribution in [2.24, 2.45) is 0 Å². The number of carbonyl (C=O) groups is 2. The normalized spacial score (nSPS) is 11.0. The van der Waals surface area contributed by atoms with Crippen molar-refractivity contribution in [3.05, 3.63) is 39.9 Å². The number of carboxylic acids is 1. The van der Waals surface area contributed by atoms with Crippen molar-refractivity contribution in [3.63, 3.8) is 0 Å². The number of hydrogen-bond acceptors (Lipinski definition) is 4. The summed E-state index contributed by atoms with van der Waals surface area (Å²) in [6.07, 6.45) is -0.156. The van der Waals surface area contributed by atoms with Gasteiger partial charge in [-0.15, -0.1) is 5.10 Å². The highest BCUT2D eigenvalue weighted by Gasteiger charge is 2.24. The number of rotatable bonds is 6. The second kappa shape index (κ2) is 7.84. The smallest absolute Gasteiger partial charge is 0.305 e. The summed E-state index contributed by atoms with van der Waals surface area (Å²) in [7, 11) is 1.50. The van der Waals surface area contributed by atoms with Crippen LogP contribution in [-0.4, -0.2) is 50.2 Å². The summed E-state index contributed by atoms with van der Waals surface area (Å²) in [5.41, 5.74) is 0.453. The van der Waals surface area contributed by atoms with E-state index >= 15 is 0 Å². The highest BCUT2D eigenvalue weighted by molar-refractivity contribution is 6.37. The molecule has 1 heterocycles. The van der Waals surface area contributed by atoms with Crippen molar-refractivity contribution in [2.45, 2.75) is 26.2 Å². The highest BCUT2D eigenvalue weighted by atomic mass is 35.5. The van der Waals surface area contributed by atoms with Crippen LogP contribution in [0.15, 0.2) is 18.2 Å². The maximum atomic E-state index is 12.5. The Bertz CT molecular complexity index is 784. The molecule has 0 saturated carbocycles. The van der Waals surface area contributed by atoms with E-state index in [0.717, 1.165) is 0 Å². The van der Waals surface area contributed by atoms with E-state index in [1.54, 1.807) is 18.2 Å². The standard InChI is InChI=1S/C16H18Cl2N4O3/c1-9(2)15-19-14(16(25)21(3)8-7-12(23)24)20-22(15)13-10(17)5-4-6-11(13)18/h4-6,9H,7-8H2,1-3H3,(H,23,24). The van der Waals surface area contributed by atoms with Gasteiger partial charge in [-0.2, -0.15) is 0 Å². The monoisotopic (exact) mass is 384 g/mol. The van der Waals surface area contributed by atoms with Crippen LogP contribution in [0.3, 0.4) is 0 Å². The molecule has 1 aromatic carbocycles. The Morgan fingerprint density at radius 3 is 2.40 bits per heavy atom. The SMILES string of the molecule is CC(C)c1nc(C(=O)N(C)CCC(=O)O)nn1-c1c(Cl)cccc1Cl. The van der Waals surface area contributed by atoms with Gasteiger partial charge < -0.3 is 10.0 Å². The van der Waals surface area contributed by atoms with E-state index < -0.39 is 11.9 Å². The summed E-state index contributed by atoms with van der Waals surface area (Å²) in [4.78, 5) is 28.7. The fraction of sp³-hybridized carbons (Fsp3) is 0.375. The third-order valence-corrected chi connectivity index (χ3v) is 4.11. The number of halogens is 2. The molecular formula is C16H18Cl2N4O3. The average Bonchev–Trinajstić information content (AvgIpc) is 2.96. The summed E-state index contributed by atoms with van der Waals surface area (Å²) < 4.78 is 1.47. The number of hydrogen-bond donors (Lipinski definition) is 1. The zero-order valence-electron chi connectivity index (χ0n) is 14.0. The summed E-state index contributed by atoms with van der Waals surface area (Å²) in [6.45, 7) is 3.88. The topological polar surface area (TPSA) is 88.3 Å². The second-order valence-corrected chi connectivity index (χ2v) is 6.62. The van der Waals surface area contributed by atoms with Crippen LogP contribution in [0.1, 0.15) is 42.6 Å². The molecule has 0 saturated heterocycles. The van der Waals surface area contributed by atoms with E-state index in [4.69, 9.17) is 28.3 Å². The lowest BCUT2D eigenvalue weighted by Gasteiger charge is -2.13. The number of carbonyl (C=O) groups excluding carboxylic acids is 1. The number of amides is 1. The highest BCUT2D eigenvalue weighted by Crippen LogP contribution is 2.30. The van der Waals surface area contributed by atoms with Crippen molar-refractivity contribution in [3.8, 4) is 5.69 Å². The largest absolute Gasteiger partial charge is 0.481 e. The van der Waals surface area contributed by atoms with Gasteiger partial charge in [-0.25, -0.2) is 9.67 Å². The fourth-order valence-corrected chi connectivity index (χ4v) is 2.74. The van der Waals surface area contributed by atoms with E-state index in [1.807, 2.05) is 13.8 Å². The average molecular weight is 385 g/mol. The molecule has 2 rings (SSSR count). The van der Waals surface area contributed by atoms with Crippen LogP contribution in [0.25, 0.3) is 5.69 Å². The zero-order valence-corrected chi connectivity index (χ0v) is 15.5. The van der Waals surface area contributed by atoms with Gasteiger partial charge in [0.15, 0.2) is 0 Å². The number of carboxylic acid groups (broad SMARTS) is 1. The Hall–Kier alpha value is -2.12. The van der Waals surface area contributed by atoms with Gasteiger partial charge in [0.05, 0.1) is 16.5 Å². The summed E-state index contributed by atoms with van der Waals surface area (Å²) in [6, 6.07) is 5.07. The summed E-state index contributed by atoms with van der Waals surface area (Å²) >= 11 is 12.5. The lowest BCUT2D eigenvalue weighted by atomic mass is 10.2. The van der Waals surface area contributed by atoms with Gasteiger partial charge in [0.1, 0.15) is 11.5 Å². The Balaban J connectivity index is 2.44. The zero-order chi connectivity index (χ0) is 18.7. The van der Waals surface area contributed by atoms with Crippen molar-refractivity contribution in [1.29, 1.82) is 0 Å². The van der Waals surface area contributed by atoms with Crippen LogP contribution >= 0.6 is 23.2 Å². The molecule has 9 heteroatoms. The van der Waals surface area contributed by atoms with Crippen LogP contribution < -0.4 is 0 Å². The van der Waals surface area contributed by atoms with Crippen LogP contribution in [0.2, 0.25) is 10.0 Å². The van der Waals surface area contributed by atoms with Gasteiger partial charge in [-0.1, -0.05) is 43.1 Å². The first-order chi connectivity index (χ1) is 11.7. The van der Waals surface area contributed by atoms with Gasteiger partial charge >= 0.3 is 5.97 Å². The molecule has 0 unspecified atom stereocenters. The van der Waals surface area contributed by atoms with Gasteiger partial charge in [0.25, 0.3) is 5.91 Å². The number of para-hydroxylation sites is 1. The van der Waals surface area contributed by atoms with E-state index in [-0.39, 0.29) is 24.7 Å². The van der Waals surface area contributed by atoms with Crippen molar-refractivity contribution >= 4 is 35.1 Å². The minimum Gasteiger partial charge on any atom is -0.481 e. The van der Waals surface area contributed by atoms with Crippen LogP contribution in [0.4, 0.5) is 0 Å². The molecule has 0 bridgehead atoms. The third kappa shape index (κ3) is 4.29. The first-order valence-corrected chi connectivity index (χ1v) is 8.36. The molecule has 0 atom stereocenters. The number of aromatic nitrogens is 3. The van der Waals surface area contributed by atoms with Crippen molar-refractivity contribution in [1.82, 2.24) is 19.7 Å². The molecular weight excluding hydrogens is 367 g/mol. The molecule has 0 aliphatic carbocycles. The Morgan fingerprint density at radius 2 is 1.88 bits per heavy atom. The number of nitrogens with zero attached hydrogens (tertiary/aromatic N) is 4. The molecule has 1 aromatic heterocycles. The minimum atomic E-state index is -0.983. The Kier molecular flexibility index (Phi) is 6.02. The maximum absolute atomic E-state index is 12.5. The number of benzene rings is 1. The lowest BCUT2D eigenvalue weighted by Crippen LogP contribution is -2.30. The lowest BCUT2D eigenvalue weighted by molar-refractivity contribution is -0.137. The predicted molar refractivity (Wildman–Crippen MR) is 94.7 cm³/mol. The van der Waals surface area contributed by atoms with E-state index in [2.05, 4.69) is 10.1 Å².